The summed E-state index contributed by atoms with van der Waals surface area (Å²) in [6, 6.07) is 19.0. The van der Waals surface area contributed by atoms with Gasteiger partial charge in [0, 0.05) is 30.9 Å². The summed E-state index contributed by atoms with van der Waals surface area (Å²) in [5.74, 6) is -0.299. The van der Waals surface area contributed by atoms with Gasteiger partial charge >= 0.3 is 0 Å². The SMILES string of the molecule is Cc1ccc(S(=O)(=O)Nc2ccc(C(=O)NCc3ccc(N4CCOCC4)cc3)cc2Cl)cc1. The van der Waals surface area contributed by atoms with Gasteiger partial charge in [-0.15, -0.1) is 0 Å². The van der Waals surface area contributed by atoms with Gasteiger partial charge in [0.25, 0.3) is 15.9 Å². The van der Waals surface area contributed by atoms with E-state index >= 15 is 0 Å². The Bertz CT molecular complexity index is 1260. The molecule has 0 bridgehead atoms. The van der Waals surface area contributed by atoms with Crippen LogP contribution in [0.25, 0.3) is 0 Å². The molecule has 1 fully saturated rings. The number of nitrogens with one attached hydrogen (secondary N) is 2. The third-order valence-electron chi connectivity index (χ3n) is 5.57. The molecule has 7 nitrogen and oxygen atoms in total. The summed E-state index contributed by atoms with van der Waals surface area (Å²) in [6.07, 6.45) is 0. The number of anilines is 2. The van der Waals surface area contributed by atoms with Crippen molar-refractivity contribution in [1.82, 2.24) is 5.32 Å². The second-order valence-electron chi connectivity index (χ2n) is 8.06. The van der Waals surface area contributed by atoms with Crippen LogP contribution in [0.4, 0.5) is 11.4 Å². The number of ether oxygens (including phenoxy) is 1. The zero-order chi connectivity index (χ0) is 24.1. The Labute approximate surface area is 204 Å². The first-order chi connectivity index (χ1) is 16.3. The number of aryl methyl sites for hydroxylation is 1. The van der Waals surface area contributed by atoms with Crippen LogP contribution in [0.5, 0.6) is 0 Å². The molecule has 4 rings (SSSR count). The molecule has 3 aromatic carbocycles. The van der Waals surface area contributed by atoms with Crippen molar-refractivity contribution in [3.05, 3.63) is 88.4 Å². The van der Waals surface area contributed by atoms with E-state index in [1.54, 1.807) is 12.1 Å². The molecule has 1 heterocycles. The highest BCUT2D eigenvalue weighted by molar-refractivity contribution is 7.92. The maximum Gasteiger partial charge on any atom is 0.261 e. The molecule has 0 saturated carbocycles. The fraction of sp³-hybridized carbons (Fsp3) is 0.240. The molecule has 0 radical (unpaired) electrons. The number of halogens is 1. The summed E-state index contributed by atoms with van der Waals surface area (Å²) < 4.78 is 33.1. The quantitative estimate of drug-likeness (QED) is 0.508. The van der Waals surface area contributed by atoms with Gasteiger partial charge in [-0.1, -0.05) is 41.4 Å². The largest absolute Gasteiger partial charge is 0.378 e. The number of rotatable bonds is 7. The number of hydrogen-bond donors (Lipinski definition) is 2. The first-order valence-electron chi connectivity index (χ1n) is 10.9. The predicted molar refractivity (Wildman–Crippen MR) is 134 cm³/mol. The van der Waals surface area contributed by atoms with Crippen LogP contribution in [-0.2, 0) is 21.3 Å². The van der Waals surface area contributed by atoms with E-state index in [1.807, 2.05) is 31.2 Å². The maximum atomic E-state index is 12.6. The van der Waals surface area contributed by atoms with Gasteiger partial charge in [0.15, 0.2) is 0 Å². The lowest BCUT2D eigenvalue weighted by molar-refractivity contribution is 0.0951. The molecule has 1 aliphatic rings. The van der Waals surface area contributed by atoms with E-state index in [2.05, 4.69) is 14.9 Å². The van der Waals surface area contributed by atoms with Crippen molar-refractivity contribution in [2.24, 2.45) is 0 Å². The number of benzene rings is 3. The topological polar surface area (TPSA) is 87.7 Å². The van der Waals surface area contributed by atoms with Gasteiger partial charge in [-0.25, -0.2) is 8.42 Å². The predicted octanol–water partition coefficient (Wildman–Crippen LogP) is 4.22. The molecule has 0 spiro atoms. The van der Waals surface area contributed by atoms with E-state index < -0.39 is 10.0 Å². The van der Waals surface area contributed by atoms with Gasteiger partial charge in [-0.3, -0.25) is 9.52 Å². The van der Waals surface area contributed by atoms with Crippen molar-refractivity contribution in [2.45, 2.75) is 18.4 Å². The first kappa shape index (κ1) is 24.1. The Balaban J connectivity index is 1.36. The van der Waals surface area contributed by atoms with Crippen LogP contribution < -0.4 is 14.9 Å². The zero-order valence-corrected chi connectivity index (χ0v) is 20.3. The Morgan fingerprint density at radius 2 is 1.68 bits per heavy atom. The van der Waals surface area contributed by atoms with E-state index in [0.717, 1.165) is 43.1 Å². The summed E-state index contributed by atoms with van der Waals surface area (Å²) >= 11 is 6.28. The van der Waals surface area contributed by atoms with Gasteiger partial charge in [-0.05, 0) is 55.0 Å². The molecule has 0 aromatic heterocycles. The molecular weight excluding hydrogens is 474 g/mol. The van der Waals surface area contributed by atoms with E-state index in [0.29, 0.717) is 12.1 Å². The van der Waals surface area contributed by atoms with E-state index in [-0.39, 0.29) is 21.5 Å². The van der Waals surface area contributed by atoms with Crippen LogP contribution in [0.1, 0.15) is 21.5 Å². The molecule has 34 heavy (non-hydrogen) atoms. The highest BCUT2D eigenvalue weighted by Gasteiger charge is 2.17. The first-order valence-corrected chi connectivity index (χ1v) is 12.8. The minimum Gasteiger partial charge on any atom is -0.378 e. The smallest absolute Gasteiger partial charge is 0.261 e. The third kappa shape index (κ3) is 5.88. The number of sulfonamides is 1. The standard InChI is InChI=1S/C25H26ClN3O4S/c1-18-2-9-22(10-3-18)34(31,32)28-24-11-6-20(16-23(24)26)25(30)27-17-19-4-7-21(8-5-19)29-12-14-33-15-13-29/h2-11,16,28H,12-15,17H2,1H3,(H,27,30). The summed E-state index contributed by atoms with van der Waals surface area (Å²) in [6.45, 7) is 5.44. The molecule has 0 atom stereocenters. The number of nitrogens with zero attached hydrogens (tertiary/aromatic N) is 1. The molecule has 1 aliphatic heterocycles. The van der Waals surface area contributed by atoms with E-state index in [4.69, 9.17) is 16.3 Å². The lowest BCUT2D eigenvalue weighted by atomic mass is 10.1. The van der Waals surface area contributed by atoms with Crippen molar-refractivity contribution in [3.63, 3.8) is 0 Å². The Kier molecular flexibility index (Phi) is 7.41. The maximum absolute atomic E-state index is 12.6. The van der Waals surface area contributed by atoms with Gasteiger partial charge in [0.2, 0.25) is 0 Å². The van der Waals surface area contributed by atoms with Crippen LogP contribution in [0.3, 0.4) is 0 Å². The monoisotopic (exact) mass is 499 g/mol. The molecule has 1 amide bonds. The Hall–Kier alpha value is -3.07. The Morgan fingerprint density at radius 3 is 2.32 bits per heavy atom. The second-order valence-corrected chi connectivity index (χ2v) is 10.2. The van der Waals surface area contributed by atoms with Crippen molar-refractivity contribution in [1.29, 1.82) is 0 Å². The molecule has 3 aromatic rings. The number of hydrogen-bond acceptors (Lipinski definition) is 5. The van der Waals surface area contributed by atoms with Gasteiger partial charge < -0.3 is 15.0 Å². The fourth-order valence-electron chi connectivity index (χ4n) is 3.59. The Morgan fingerprint density at radius 1 is 1.00 bits per heavy atom. The molecular formula is C25H26ClN3O4S. The van der Waals surface area contributed by atoms with Crippen LogP contribution in [0.15, 0.2) is 71.6 Å². The summed E-state index contributed by atoms with van der Waals surface area (Å²) in [7, 11) is -3.79. The van der Waals surface area contributed by atoms with Gasteiger partial charge in [0.1, 0.15) is 0 Å². The molecule has 178 valence electrons. The van der Waals surface area contributed by atoms with E-state index in [9.17, 15) is 13.2 Å². The van der Waals surface area contributed by atoms with Crippen molar-refractivity contribution in [2.75, 3.05) is 35.9 Å². The normalized spacial score (nSPS) is 14.0. The highest BCUT2D eigenvalue weighted by Crippen LogP contribution is 2.26. The lowest BCUT2D eigenvalue weighted by Gasteiger charge is -2.28. The minimum atomic E-state index is -3.79. The molecule has 0 unspecified atom stereocenters. The average molecular weight is 500 g/mol. The number of amides is 1. The van der Waals surface area contributed by atoms with Gasteiger partial charge in [-0.2, -0.15) is 0 Å². The van der Waals surface area contributed by atoms with E-state index in [1.165, 1.54) is 30.3 Å². The summed E-state index contributed by atoms with van der Waals surface area (Å²) in [4.78, 5) is 15.0. The van der Waals surface area contributed by atoms with Crippen molar-refractivity contribution < 1.29 is 17.9 Å². The van der Waals surface area contributed by atoms with Crippen LogP contribution in [-0.4, -0.2) is 40.6 Å². The number of morpholine rings is 1. The summed E-state index contributed by atoms with van der Waals surface area (Å²) in [5, 5.41) is 3.01. The molecule has 0 aliphatic carbocycles. The second kappa shape index (κ2) is 10.5. The van der Waals surface area contributed by atoms with Crippen molar-refractivity contribution in [3.8, 4) is 0 Å². The van der Waals surface area contributed by atoms with Crippen LogP contribution in [0.2, 0.25) is 5.02 Å². The van der Waals surface area contributed by atoms with Crippen LogP contribution in [0, 0.1) is 6.92 Å². The zero-order valence-electron chi connectivity index (χ0n) is 18.8. The molecule has 9 heteroatoms. The average Bonchev–Trinajstić information content (AvgIpc) is 2.85. The van der Waals surface area contributed by atoms with Crippen LogP contribution >= 0.6 is 11.6 Å². The molecule has 1 saturated heterocycles. The molecule has 2 N–H and O–H groups in total. The fourth-order valence-corrected chi connectivity index (χ4v) is 4.95. The van der Waals surface area contributed by atoms with Crippen molar-refractivity contribution >= 4 is 38.9 Å². The summed E-state index contributed by atoms with van der Waals surface area (Å²) in [5.41, 5.74) is 3.61. The minimum absolute atomic E-state index is 0.135. The van der Waals surface area contributed by atoms with Gasteiger partial charge in [0.05, 0.1) is 28.8 Å². The number of carbonyl (C=O) groups is 1. The third-order valence-corrected chi connectivity index (χ3v) is 7.27. The number of carbonyl (C=O) groups excluding carboxylic acids is 1. The lowest BCUT2D eigenvalue weighted by Crippen LogP contribution is -2.36. The highest BCUT2D eigenvalue weighted by atomic mass is 35.5.